The maximum atomic E-state index is 11.4. The molecular formula is C9H18N2O4S. The minimum atomic E-state index is -2.99. The van der Waals surface area contributed by atoms with Gasteiger partial charge in [0.25, 0.3) is 0 Å². The van der Waals surface area contributed by atoms with Gasteiger partial charge in [-0.3, -0.25) is 9.69 Å². The van der Waals surface area contributed by atoms with Gasteiger partial charge in [0, 0.05) is 6.54 Å². The first-order valence-electron chi connectivity index (χ1n) is 5.33. The van der Waals surface area contributed by atoms with E-state index in [9.17, 15) is 13.2 Å². The highest BCUT2D eigenvalue weighted by molar-refractivity contribution is 7.91. The van der Waals surface area contributed by atoms with Crippen molar-refractivity contribution in [1.82, 2.24) is 4.90 Å². The molecule has 94 valence electrons. The molecule has 16 heavy (non-hydrogen) atoms. The first-order chi connectivity index (χ1) is 7.46. The number of sulfone groups is 1. The van der Waals surface area contributed by atoms with E-state index in [2.05, 4.69) is 0 Å². The number of nitrogens with two attached hydrogens (primary N) is 1. The van der Waals surface area contributed by atoms with Gasteiger partial charge < -0.3 is 10.8 Å². The van der Waals surface area contributed by atoms with Gasteiger partial charge in [-0.15, -0.1) is 0 Å². The average molecular weight is 250 g/mol. The Morgan fingerprint density at radius 2 is 2.06 bits per heavy atom. The zero-order valence-electron chi connectivity index (χ0n) is 9.13. The molecule has 1 aliphatic heterocycles. The second-order valence-corrected chi connectivity index (χ2v) is 6.28. The van der Waals surface area contributed by atoms with Gasteiger partial charge in [0.1, 0.15) is 6.04 Å². The van der Waals surface area contributed by atoms with E-state index in [1.807, 2.05) is 0 Å². The minimum absolute atomic E-state index is 0.0430. The van der Waals surface area contributed by atoms with Crippen LogP contribution in [0.25, 0.3) is 0 Å². The molecule has 0 aromatic carbocycles. The van der Waals surface area contributed by atoms with Gasteiger partial charge in [-0.25, -0.2) is 8.42 Å². The summed E-state index contributed by atoms with van der Waals surface area (Å²) >= 11 is 0. The summed E-state index contributed by atoms with van der Waals surface area (Å²) in [6.07, 6.45) is 0.853. The first kappa shape index (κ1) is 13.4. The summed E-state index contributed by atoms with van der Waals surface area (Å²) in [7, 11) is -2.99. The van der Waals surface area contributed by atoms with Gasteiger partial charge in [-0.1, -0.05) is 0 Å². The SMILES string of the molecule is NCCC(C(=O)O)N1CCCS(=O)(=O)CC1. The molecule has 0 bridgehead atoms. The van der Waals surface area contributed by atoms with E-state index >= 15 is 0 Å². The second kappa shape index (κ2) is 5.60. The smallest absolute Gasteiger partial charge is 0.320 e. The van der Waals surface area contributed by atoms with Crippen LogP contribution in [0, 0.1) is 0 Å². The molecule has 1 aliphatic rings. The Kier molecular flexibility index (Phi) is 4.69. The van der Waals surface area contributed by atoms with Crippen molar-refractivity contribution in [3.8, 4) is 0 Å². The topological polar surface area (TPSA) is 101 Å². The van der Waals surface area contributed by atoms with E-state index in [1.165, 1.54) is 0 Å². The number of nitrogens with zero attached hydrogens (tertiary/aromatic N) is 1. The van der Waals surface area contributed by atoms with Gasteiger partial charge in [-0.05, 0) is 25.9 Å². The Balaban J connectivity index is 2.68. The normalized spacial score (nSPS) is 23.6. The van der Waals surface area contributed by atoms with E-state index in [4.69, 9.17) is 10.8 Å². The van der Waals surface area contributed by atoms with Gasteiger partial charge in [0.2, 0.25) is 0 Å². The number of carboxylic acid groups (broad SMARTS) is 1. The Bertz CT molecular complexity index is 341. The molecule has 0 radical (unpaired) electrons. The number of carboxylic acids is 1. The average Bonchev–Trinajstić information content (AvgIpc) is 2.35. The Hall–Kier alpha value is -0.660. The summed E-state index contributed by atoms with van der Waals surface area (Å²) in [5.41, 5.74) is 5.36. The van der Waals surface area contributed by atoms with Crippen molar-refractivity contribution in [1.29, 1.82) is 0 Å². The third-order valence-corrected chi connectivity index (χ3v) is 4.47. The molecule has 3 N–H and O–H groups in total. The number of hydrogen-bond acceptors (Lipinski definition) is 5. The summed E-state index contributed by atoms with van der Waals surface area (Å²) < 4.78 is 22.7. The molecule has 0 aliphatic carbocycles. The molecule has 0 spiro atoms. The third-order valence-electron chi connectivity index (χ3n) is 2.76. The fourth-order valence-electron chi connectivity index (χ4n) is 1.89. The highest BCUT2D eigenvalue weighted by Gasteiger charge is 2.28. The lowest BCUT2D eigenvalue weighted by atomic mass is 10.1. The Morgan fingerprint density at radius 3 is 2.62 bits per heavy atom. The largest absolute Gasteiger partial charge is 0.480 e. The quantitative estimate of drug-likeness (QED) is 0.657. The Morgan fingerprint density at radius 1 is 1.38 bits per heavy atom. The molecular weight excluding hydrogens is 232 g/mol. The summed E-state index contributed by atoms with van der Waals surface area (Å²) in [6, 6.07) is -0.654. The molecule has 0 aromatic rings. The summed E-state index contributed by atoms with van der Waals surface area (Å²) in [5.74, 6) is -0.732. The number of aliphatic carboxylic acids is 1. The predicted molar refractivity (Wildman–Crippen MR) is 59.9 cm³/mol. The summed E-state index contributed by atoms with van der Waals surface area (Å²) in [5, 5.41) is 9.03. The monoisotopic (exact) mass is 250 g/mol. The third kappa shape index (κ3) is 3.73. The Labute approximate surface area is 95.3 Å². The van der Waals surface area contributed by atoms with Crippen LogP contribution in [0.2, 0.25) is 0 Å². The van der Waals surface area contributed by atoms with E-state index in [1.54, 1.807) is 4.90 Å². The van der Waals surface area contributed by atoms with E-state index in [0.717, 1.165) is 0 Å². The van der Waals surface area contributed by atoms with E-state index < -0.39 is 21.8 Å². The predicted octanol–water partition coefficient (Wildman–Crippen LogP) is -1.09. The zero-order valence-corrected chi connectivity index (χ0v) is 9.95. The molecule has 1 fully saturated rings. The van der Waals surface area contributed by atoms with Crippen molar-refractivity contribution in [3.05, 3.63) is 0 Å². The zero-order chi connectivity index (χ0) is 12.2. The lowest BCUT2D eigenvalue weighted by Crippen LogP contribution is -2.43. The molecule has 0 saturated carbocycles. The molecule has 1 heterocycles. The van der Waals surface area contributed by atoms with Gasteiger partial charge in [0.05, 0.1) is 11.5 Å². The van der Waals surface area contributed by atoms with Crippen molar-refractivity contribution in [2.75, 3.05) is 31.1 Å². The standard InChI is InChI=1S/C9H18N2O4S/c10-3-2-8(9(12)13)11-4-1-6-16(14,15)7-5-11/h8H,1-7,10H2,(H,12,13). The van der Waals surface area contributed by atoms with Crippen LogP contribution < -0.4 is 5.73 Å². The molecule has 1 saturated heterocycles. The number of rotatable bonds is 4. The fourth-order valence-corrected chi connectivity index (χ4v) is 3.18. The molecule has 1 atom stereocenters. The highest BCUT2D eigenvalue weighted by atomic mass is 32.2. The van der Waals surface area contributed by atoms with Crippen molar-refractivity contribution in [2.45, 2.75) is 18.9 Å². The van der Waals surface area contributed by atoms with Crippen LogP contribution in [0.5, 0.6) is 0 Å². The minimum Gasteiger partial charge on any atom is -0.480 e. The molecule has 0 amide bonds. The van der Waals surface area contributed by atoms with E-state index in [-0.39, 0.29) is 11.5 Å². The van der Waals surface area contributed by atoms with Crippen LogP contribution in [0.15, 0.2) is 0 Å². The van der Waals surface area contributed by atoms with E-state index in [0.29, 0.717) is 32.5 Å². The van der Waals surface area contributed by atoms with Gasteiger partial charge >= 0.3 is 5.97 Å². The molecule has 6 nitrogen and oxygen atoms in total. The van der Waals surface area contributed by atoms with Crippen molar-refractivity contribution >= 4 is 15.8 Å². The molecule has 7 heteroatoms. The lowest BCUT2D eigenvalue weighted by molar-refractivity contribution is -0.143. The van der Waals surface area contributed by atoms with Crippen LogP contribution >= 0.6 is 0 Å². The van der Waals surface area contributed by atoms with Crippen LogP contribution in [0.1, 0.15) is 12.8 Å². The van der Waals surface area contributed by atoms with Crippen LogP contribution in [-0.4, -0.2) is 61.6 Å². The fraction of sp³-hybridized carbons (Fsp3) is 0.889. The lowest BCUT2D eigenvalue weighted by Gasteiger charge is -2.26. The van der Waals surface area contributed by atoms with Crippen LogP contribution in [0.3, 0.4) is 0 Å². The number of hydrogen-bond donors (Lipinski definition) is 2. The van der Waals surface area contributed by atoms with Crippen LogP contribution in [-0.2, 0) is 14.6 Å². The van der Waals surface area contributed by atoms with Crippen molar-refractivity contribution in [2.24, 2.45) is 5.73 Å². The summed E-state index contributed by atoms with van der Waals surface area (Å²) in [4.78, 5) is 12.7. The number of carbonyl (C=O) groups is 1. The second-order valence-electron chi connectivity index (χ2n) is 3.97. The molecule has 1 rings (SSSR count). The van der Waals surface area contributed by atoms with Gasteiger partial charge in [-0.2, -0.15) is 0 Å². The summed E-state index contributed by atoms with van der Waals surface area (Å²) in [6.45, 7) is 1.09. The highest BCUT2D eigenvalue weighted by Crippen LogP contribution is 2.11. The van der Waals surface area contributed by atoms with Gasteiger partial charge in [0.15, 0.2) is 9.84 Å². The maximum Gasteiger partial charge on any atom is 0.320 e. The van der Waals surface area contributed by atoms with Crippen molar-refractivity contribution < 1.29 is 18.3 Å². The first-order valence-corrected chi connectivity index (χ1v) is 7.16. The molecule has 1 unspecified atom stereocenters. The van der Waals surface area contributed by atoms with Crippen molar-refractivity contribution in [3.63, 3.8) is 0 Å². The van der Waals surface area contributed by atoms with Crippen LogP contribution in [0.4, 0.5) is 0 Å². The molecule has 0 aromatic heterocycles. The maximum absolute atomic E-state index is 11.4.